The van der Waals surface area contributed by atoms with Gasteiger partial charge in [0.25, 0.3) is 0 Å². The van der Waals surface area contributed by atoms with Gasteiger partial charge < -0.3 is 18.1 Å². The Balaban J connectivity index is 0.00000196. The zero-order valence-electron chi connectivity index (χ0n) is 8.55. The predicted molar refractivity (Wildman–Crippen MR) is 51.0 cm³/mol. The zero-order valence-corrected chi connectivity index (χ0v) is 11.7. The standard InChI is InChI=1S/C9H9BF3O.K/c1-7-6-8(2-3-9(7)14)4-5-10(11,12)13;/h2-6,14H,1H3;/q-1;+1/b5-4+;. The molecule has 0 heterocycles. The Labute approximate surface area is 129 Å². The van der Waals surface area contributed by atoms with E-state index in [-0.39, 0.29) is 63.1 Å². The van der Waals surface area contributed by atoms with Crippen molar-refractivity contribution in [3.05, 3.63) is 35.3 Å². The Bertz CT molecular complexity index is 363. The van der Waals surface area contributed by atoms with Gasteiger partial charge in [-0.3, -0.25) is 0 Å². The molecule has 0 aliphatic rings. The van der Waals surface area contributed by atoms with Crippen molar-refractivity contribution in [1.82, 2.24) is 0 Å². The van der Waals surface area contributed by atoms with Gasteiger partial charge in [-0.25, -0.2) is 0 Å². The molecule has 0 saturated heterocycles. The maximum atomic E-state index is 11.8. The summed E-state index contributed by atoms with van der Waals surface area (Å²) in [6, 6.07) is 4.30. The summed E-state index contributed by atoms with van der Waals surface area (Å²) in [6.45, 7) is -3.26. The summed E-state index contributed by atoms with van der Waals surface area (Å²) >= 11 is 0. The molecule has 76 valence electrons. The normalized spacial score (nSPS) is 11.5. The summed E-state index contributed by atoms with van der Waals surface area (Å²) in [4.78, 5) is 0. The topological polar surface area (TPSA) is 20.2 Å². The monoisotopic (exact) mass is 240 g/mol. The van der Waals surface area contributed by atoms with Crippen LogP contribution in [0.2, 0.25) is 0 Å². The number of aryl methyl sites for hydroxylation is 1. The third-order valence-corrected chi connectivity index (χ3v) is 1.73. The number of benzene rings is 1. The third-order valence-electron chi connectivity index (χ3n) is 1.73. The van der Waals surface area contributed by atoms with Gasteiger partial charge in [0.1, 0.15) is 5.75 Å². The molecular formula is C9H9BF3KO. The van der Waals surface area contributed by atoms with E-state index in [4.69, 9.17) is 5.11 Å². The fraction of sp³-hybridized carbons (Fsp3) is 0.111. The van der Waals surface area contributed by atoms with Gasteiger partial charge in [-0.2, -0.15) is 0 Å². The van der Waals surface area contributed by atoms with Crippen LogP contribution in [0, 0.1) is 6.92 Å². The summed E-state index contributed by atoms with van der Waals surface area (Å²) < 4.78 is 35.5. The molecule has 15 heavy (non-hydrogen) atoms. The first kappa shape index (κ1) is 15.3. The second-order valence-corrected chi connectivity index (χ2v) is 3.03. The molecule has 0 unspecified atom stereocenters. The summed E-state index contributed by atoms with van der Waals surface area (Å²) in [5.74, 6) is 0.311. The Hall–Kier alpha value is 0.251. The van der Waals surface area contributed by atoms with Crippen LogP contribution in [-0.2, 0) is 0 Å². The van der Waals surface area contributed by atoms with Crippen LogP contribution in [0.25, 0.3) is 6.08 Å². The number of halogens is 3. The number of aromatic hydroxyl groups is 1. The van der Waals surface area contributed by atoms with Gasteiger partial charge in [0.05, 0.1) is 0 Å². The van der Waals surface area contributed by atoms with E-state index in [1.807, 2.05) is 0 Å². The van der Waals surface area contributed by atoms with Gasteiger partial charge in [-0.15, -0.1) is 5.98 Å². The predicted octanol–water partition coefficient (Wildman–Crippen LogP) is 0.104. The van der Waals surface area contributed by atoms with E-state index < -0.39 is 6.98 Å². The maximum absolute atomic E-state index is 11.8. The summed E-state index contributed by atoms with van der Waals surface area (Å²) in [5.41, 5.74) is 0.987. The first-order chi connectivity index (χ1) is 6.38. The molecule has 0 bridgehead atoms. The molecule has 0 aliphatic carbocycles. The van der Waals surface area contributed by atoms with Crippen molar-refractivity contribution in [1.29, 1.82) is 0 Å². The van der Waals surface area contributed by atoms with Crippen molar-refractivity contribution in [3.63, 3.8) is 0 Å². The molecule has 6 heteroatoms. The van der Waals surface area contributed by atoms with Crippen LogP contribution in [0.1, 0.15) is 11.1 Å². The fourth-order valence-electron chi connectivity index (χ4n) is 1.00. The third kappa shape index (κ3) is 5.77. The van der Waals surface area contributed by atoms with Crippen LogP contribution >= 0.6 is 0 Å². The second kappa shape index (κ2) is 6.10. The quantitative estimate of drug-likeness (QED) is 0.727. The molecule has 0 fully saturated rings. The van der Waals surface area contributed by atoms with Crippen LogP contribution < -0.4 is 51.4 Å². The molecule has 0 amide bonds. The Morgan fingerprint density at radius 2 is 1.87 bits per heavy atom. The molecule has 0 atom stereocenters. The fourth-order valence-corrected chi connectivity index (χ4v) is 1.00. The van der Waals surface area contributed by atoms with E-state index in [2.05, 4.69) is 0 Å². The van der Waals surface area contributed by atoms with Gasteiger partial charge in [0, 0.05) is 0 Å². The first-order valence-corrected chi connectivity index (χ1v) is 4.07. The van der Waals surface area contributed by atoms with Gasteiger partial charge >= 0.3 is 58.4 Å². The molecule has 1 aromatic rings. The Morgan fingerprint density at radius 1 is 1.27 bits per heavy atom. The summed E-state index contributed by atoms with van der Waals surface area (Å²) in [5, 5.41) is 9.13. The van der Waals surface area contributed by atoms with Crippen LogP contribution in [0.4, 0.5) is 12.9 Å². The second-order valence-electron chi connectivity index (χ2n) is 3.03. The Kier molecular flexibility index (Phi) is 6.20. The van der Waals surface area contributed by atoms with E-state index in [0.29, 0.717) is 11.1 Å². The number of phenols is 1. The molecular weight excluding hydrogens is 231 g/mol. The molecule has 1 rings (SSSR count). The summed E-state index contributed by atoms with van der Waals surface area (Å²) in [7, 11) is 0. The first-order valence-electron chi connectivity index (χ1n) is 4.07. The molecule has 0 spiro atoms. The van der Waals surface area contributed by atoms with Crippen LogP contribution in [0.3, 0.4) is 0 Å². The average Bonchev–Trinajstić information content (AvgIpc) is 2.06. The number of hydrogen-bond donors (Lipinski definition) is 1. The minimum atomic E-state index is -4.89. The molecule has 0 saturated carbocycles. The SMILES string of the molecule is Cc1cc(/C=C/[B-](F)(F)F)ccc1O.[K+]. The van der Waals surface area contributed by atoms with E-state index in [0.717, 1.165) is 6.08 Å². The minimum Gasteiger partial charge on any atom is -0.508 e. The van der Waals surface area contributed by atoms with E-state index in [9.17, 15) is 12.9 Å². The van der Waals surface area contributed by atoms with Gasteiger partial charge in [-0.05, 0) is 30.2 Å². The smallest absolute Gasteiger partial charge is 0.508 e. The van der Waals surface area contributed by atoms with Crippen LogP contribution in [0.15, 0.2) is 24.2 Å². The van der Waals surface area contributed by atoms with Crippen molar-refractivity contribution < 1.29 is 69.4 Å². The van der Waals surface area contributed by atoms with Crippen molar-refractivity contribution in [2.24, 2.45) is 0 Å². The zero-order chi connectivity index (χ0) is 10.8. The largest absolute Gasteiger partial charge is 1.00 e. The molecule has 0 aliphatic heterocycles. The maximum Gasteiger partial charge on any atom is 1.00 e. The van der Waals surface area contributed by atoms with Crippen molar-refractivity contribution in [3.8, 4) is 5.75 Å². The minimum absolute atomic E-state index is 0. The van der Waals surface area contributed by atoms with Crippen molar-refractivity contribution >= 4 is 13.1 Å². The van der Waals surface area contributed by atoms with Crippen molar-refractivity contribution in [2.45, 2.75) is 6.92 Å². The van der Waals surface area contributed by atoms with E-state index in [1.54, 1.807) is 6.92 Å². The van der Waals surface area contributed by atoms with E-state index >= 15 is 0 Å². The molecule has 1 N–H and O–H groups in total. The summed E-state index contributed by atoms with van der Waals surface area (Å²) in [6.07, 6.45) is 0.992. The molecule has 1 aromatic carbocycles. The number of hydrogen-bond acceptors (Lipinski definition) is 1. The average molecular weight is 240 g/mol. The van der Waals surface area contributed by atoms with E-state index in [1.165, 1.54) is 18.2 Å². The van der Waals surface area contributed by atoms with Gasteiger partial charge in [-0.1, -0.05) is 12.1 Å². The Morgan fingerprint density at radius 3 is 2.33 bits per heavy atom. The molecule has 0 radical (unpaired) electrons. The molecule has 0 aromatic heterocycles. The van der Waals surface area contributed by atoms with Gasteiger partial charge in [0.2, 0.25) is 0 Å². The number of phenolic OH excluding ortho intramolecular Hbond substituents is 1. The van der Waals surface area contributed by atoms with Crippen LogP contribution in [-0.4, -0.2) is 12.1 Å². The van der Waals surface area contributed by atoms with Crippen molar-refractivity contribution in [2.75, 3.05) is 0 Å². The van der Waals surface area contributed by atoms with Gasteiger partial charge in [0.15, 0.2) is 0 Å². The van der Waals surface area contributed by atoms with Crippen LogP contribution in [0.5, 0.6) is 5.75 Å². The molecule has 1 nitrogen and oxygen atoms in total. The number of rotatable bonds is 2.